The fraction of sp³-hybridized carbons (Fsp3) is 0.429. The summed E-state index contributed by atoms with van der Waals surface area (Å²) in [7, 11) is 2.70. The van der Waals surface area contributed by atoms with Gasteiger partial charge in [-0.1, -0.05) is 5.01 Å². The van der Waals surface area contributed by atoms with Crippen molar-refractivity contribution in [1.82, 2.24) is 10.2 Å². The largest absolute Gasteiger partial charge is 0.478 e. The SMILES string of the molecule is COc1nnc(C)cc1N(C)[N+](=O)[O-]. The fourth-order valence-corrected chi connectivity index (χ4v) is 0.929. The molecule has 0 unspecified atom stereocenters. The summed E-state index contributed by atoms with van der Waals surface area (Å²) < 4.78 is 4.85. The summed E-state index contributed by atoms with van der Waals surface area (Å²) in [6.07, 6.45) is 0. The van der Waals surface area contributed by atoms with Gasteiger partial charge in [-0.15, -0.1) is 5.10 Å². The van der Waals surface area contributed by atoms with Crippen molar-refractivity contribution in [3.63, 3.8) is 0 Å². The molecular weight excluding hydrogens is 188 g/mol. The summed E-state index contributed by atoms with van der Waals surface area (Å²) in [4.78, 5) is 10.5. The summed E-state index contributed by atoms with van der Waals surface area (Å²) in [5.41, 5.74) is 0.875. The van der Waals surface area contributed by atoms with Crippen molar-refractivity contribution in [3.05, 3.63) is 21.9 Å². The van der Waals surface area contributed by atoms with Crippen molar-refractivity contribution < 1.29 is 9.77 Å². The summed E-state index contributed by atoms with van der Waals surface area (Å²) in [6, 6.07) is 1.54. The topological polar surface area (TPSA) is 81.4 Å². The Kier molecular flexibility index (Phi) is 2.80. The van der Waals surface area contributed by atoms with E-state index in [0.717, 1.165) is 5.01 Å². The van der Waals surface area contributed by atoms with Gasteiger partial charge in [-0.2, -0.15) is 5.10 Å². The molecule has 0 saturated heterocycles. The highest BCUT2D eigenvalue weighted by Gasteiger charge is 2.18. The van der Waals surface area contributed by atoms with Gasteiger partial charge in [0.15, 0.2) is 10.7 Å². The van der Waals surface area contributed by atoms with E-state index in [9.17, 15) is 10.1 Å². The van der Waals surface area contributed by atoms with Gasteiger partial charge in [0.05, 0.1) is 19.9 Å². The minimum atomic E-state index is -0.557. The highest BCUT2D eigenvalue weighted by atomic mass is 16.7. The highest BCUT2D eigenvalue weighted by Crippen LogP contribution is 2.23. The lowest BCUT2D eigenvalue weighted by molar-refractivity contribution is -0.490. The molecule has 1 aromatic rings. The van der Waals surface area contributed by atoms with Crippen LogP contribution in [0.4, 0.5) is 5.69 Å². The maximum Gasteiger partial charge on any atom is 0.263 e. The number of hydrogen-bond acceptors (Lipinski definition) is 5. The van der Waals surface area contributed by atoms with Gasteiger partial charge in [0.1, 0.15) is 0 Å². The summed E-state index contributed by atoms with van der Waals surface area (Å²) >= 11 is 0. The summed E-state index contributed by atoms with van der Waals surface area (Å²) in [5.74, 6) is 0.134. The molecule has 0 atom stereocenters. The first-order chi connectivity index (χ1) is 6.56. The molecule has 1 heterocycles. The van der Waals surface area contributed by atoms with Gasteiger partial charge in [-0.25, -0.2) is 10.1 Å². The Morgan fingerprint density at radius 1 is 1.57 bits per heavy atom. The molecule has 7 heteroatoms. The Labute approximate surface area is 80.4 Å². The minimum Gasteiger partial charge on any atom is -0.478 e. The smallest absolute Gasteiger partial charge is 0.263 e. The van der Waals surface area contributed by atoms with Gasteiger partial charge in [0, 0.05) is 0 Å². The second-order valence-corrected chi connectivity index (χ2v) is 2.64. The van der Waals surface area contributed by atoms with Gasteiger partial charge in [-0.3, -0.25) is 0 Å². The second kappa shape index (κ2) is 3.86. The summed E-state index contributed by atoms with van der Waals surface area (Å²) in [6.45, 7) is 1.70. The molecule has 76 valence electrons. The molecule has 0 radical (unpaired) electrons. The lowest BCUT2D eigenvalue weighted by Crippen LogP contribution is -2.25. The molecule has 7 nitrogen and oxygen atoms in total. The number of methoxy groups -OCH3 is 1. The molecule has 1 rings (SSSR count). The quantitative estimate of drug-likeness (QED) is 0.517. The Hall–Kier alpha value is -1.92. The monoisotopic (exact) mass is 198 g/mol. The van der Waals surface area contributed by atoms with E-state index in [2.05, 4.69) is 10.2 Å². The van der Waals surface area contributed by atoms with Crippen molar-refractivity contribution in [1.29, 1.82) is 0 Å². The lowest BCUT2D eigenvalue weighted by atomic mass is 10.3. The van der Waals surface area contributed by atoms with Crippen LogP contribution in [0.25, 0.3) is 0 Å². The Morgan fingerprint density at radius 3 is 2.71 bits per heavy atom. The van der Waals surface area contributed by atoms with Crippen LogP contribution in [0, 0.1) is 17.0 Å². The van der Waals surface area contributed by atoms with E-state index in [1.165, 1.54) is 20.2 Å². The number of hydrazine groups is 1. The average molecular weight is 198 g/mol. The number of hydrogen-bond donors (Lipinski definition) is 0. The molecule has 0 bridgehead atoms. The molecule has 0 amide bonds. The molecule has 0 fully saturated rings. The molecule has 1 aromatic heterocycles. The number of aromatic nitrogens is 2. The molecule has 14 heavy (non-hydrogen) atoms. The van der Waals surface area contributed by atoms with E-state index in [4.69, 9.17) is 4.74 Å². The van der Waals surface area contributed by atoms with Crippen LogP contribution in [0.1, 0.15) is 5.69 Å². The van der Waals surface area contributed by atoms with Gasteiger partial charge in [0.2, 0.25) is 0 Å². The van der Waals surface area contributed by atoms with E-state index in [1.807, 2.05) is 0 Å². The third-order valence-corrected chi connectivity index (χ3v) is 1.65. The zero-order valence-corrected chi connectivity index (χ0v) is 8.09. The predicted molar refractivity (Wildman–Crippen MR) is 48.7 cm³/mol. The van der Waals surface area contributed by atoms with Crippen LogP contribution in [0.2, 0.25) is 0 Å². The van der Waals surface area contributed by atoms with Crippen molar-refractivity contribution >= 4 is 5.69 Å². The summed E-state index contributed by atoms with van der Waals surface area (Å²) in [5, 5.41) is 18.2. The normalized spacial score (nSPS) is 9.64. The first kappa shape index (κ1) is 10.2. The standard InChI is InChI=1S/C7H10N4O3/c1-5-4-6(10(2)11(12)13)7(14-3)9-8-5/h4H,1-3H3. The van der Waals surface area contributed by atoms with Crippen LogP contribution in [0.3, 0.4) is 0 Å². The number of nitrogens with zero attached hydrogens (tertiary/aromatic N) is 4. The Morgan fingerprint density at radius 2 is 2.21 bits per heavy atom. The molecule has 0 spiro atoms. The lowest BCUT2D eigenvalue weighted by Gasteiger charge is -2.10. The predicted octanol–water partition coefficient (Wildman–Crippen LogP) is 0.422. The number of anilines is 1. The van der Waals surface area contributed by atoms with Crippen molar-refractivity contribution in [3.8, 4) is 5.88 Å². The van der Waals surface area contributed by atoms with Gasteiger partial charge < -0.3 is 4.74 Å². The van der Waals surface area contributed by atoms with E-state index in [0.29, 0.717) is 5.69 Å². The second-order valence-electron chi connectivity index (χ2n) is 2.64. The molecule has 0 N–H and O–H groups in total. The van der Waals surface area contributed by atoms with Crippen molar-refractivity contribution in [2.24, 2.45) is 0 Å². The van der Waals surface area contributed by atoms with Gasteiger partial charge in [0.25, 0.3) is 5.88 Å². The number of nitro groups is 1. The molecule has 0 saturated carbocycles. The minimum absolute atomic E-state index is 0.134. The first-order valence-electron chi connectivity index (χ1n) is 3.82. The van der Waals surface area contributed by atoms with Gasteiger partial charge >= 0.3 is 0 Å². The number of aryl methyl sites for hydroxylation is 1. The molecule has 0 aromatic carbocycles. The van der Waals surface area contributed by atoms with Crippen LogP contribution < -0.4 is 9.75 Å². The van der Waals surface area contributed by atoms with Crippen LogP contribution in [0.5, 0.6) is 5.88 Å². The number of rotatable bonds is 3. The van der Waals surface area contributed by atoms with E-state index >= 15 is 0 Å². The molecule has 0 aliphatic carbocycles. The Bertz CT molecular complexity index is 355. The zero-order chi connectivity index (χ0) is 10.7. The first-order valence-corrected chi connectivity index (χ1v) is 3.82. The van der Waals surface area contributed by atoms with E-state index < -0.39 is 5.03 Å². The average Bonchev–Trinajstić information content (AvgIpc) is 2.16. The van der Waals surface area contributed by atoms with Crippen molar-refractivity contribution in [2.75, 3.05) is 19.2 Å². The van der Waals surface area contributed by atoms with Crippen LogP contribution in [-0.4, -0.2) is 29.4 Å². The molecule has 0 aliphatic heterocycles. The third kappa shape index (κ3) is 1.87. The van der Waals surface area contributed by atoms with Gasteiger partial charge in [-0.05, 0) is 13.0 Å². The maximum absolute atomic E-state index is 10.5. The molecule has 0 aliphatic rings. The van der Waals surface area contributed by atoms with Crippen molar-refractivity contribution in [2.45, 2.75) is 6.92 Å². The van der Waals surface area contributed by atoms with Crippen LogP contribution >= 0.6 is 0 Å². The van der Waals surface area contributed by atoms with E-state index in [-0.39, 0.29) is 11.6 Å². The highest BCUT2D eigenvalue weighted by molar-refractivity contribution is 5.52. The third-order valence-electron chi connectivity index (χ3n) is 1.65. The fourth-order valence-electron chi connectivity index (χ4n) is 0.929. The maximum atomic E-state index is 10.5. The number of ether oxygens (including phenoxy) is 1. The van der Waals surface area contributed by atoms with Crippen LogP contribution in [-0.2, 0) is 0 Å². The zero-order valence-electron chi connectivity index (χ0n) is 8.09. The van der Waals surface area contributed by atoms with E-state index in [1.54, 1.807) is 6.92 Å². The van der Waals surface area contributed by atoms with Crippen LogP contribution in [0.15, 0.2) is 6.07 Å². The molecular formula is C7H10N4O3. The Balaban J connectivity index is 3.16.